The van der Waals surface area contributed by atoms with Crippen LogP contribution in [0.4, 0.5) is 11.4 Å². The van der Waals surface area contributed by atoms with Crippen molar-refractivity contribution in [2.75, 3.05) is 18.3 Å². The van der Waals surface area contributed by atoms with Gasteiger partial charge in [0, 0.05) is 12.3 Å². The number of ether oxygens (including phenoxy) is 1. The highest BCUT2D eigenvalue weighted by molar-refractivity contribution is 6.18. The molecule has 98 valence electrons. The van der Waals surface area contributed by atoms with E-state index in [-0.39, 0.29) is 23.7 Å². The number of benzene rings is 1. The molecule has 1 N–H and O–H groups in total. The van der Waals surface area contributed by atoms with Crippen LogP contribution in [0.25, 0.3) is 0 Å². The quantitative estimate of drug-likeness (QED) is 0.490. The van der Waals surface area contributed by atoms with Crippen molar-refractivity contribution in [1.29, 1.82) is 0 Å². The Morgan fingerprint density at radius 3 is 2.83 bits per heavy atom. The molecule has 0 atom stereocenters. The van der Waals surface area contributed by atoms with E-state index in [0.717, 1.165) is 0 Å². The summed E-state index contributed by atoms with van der Waals surface area (Å²) in [5, 5.41) is 13.3. The molecule has 0 saturated carbocycles. The Balaban J connectivity index is 2.87. The number of anilines is 1. The first kappa shape index (κ1) is 14.2. The number of hydrogen-bond acceptors (Lipinski definition) is 4. The predicted molar refractivity (Wildman–Crippen MR) is 68.2 cm³/mol. The second-order valence-electron chi connectivity index (χ2n) is 3.48. The van der Waals surface area contributed by atoms with Gasteiger partial charge in [0.05, 0.1) is 18.1 Å². The molecule has 0 saturated heterocycles. The summed E-state index contributed by atoms with van der Waals surface area (Å²) in [6.07, 6.45) is 0.754. The van der Waals surface area contributed by atoms with Gasteiger partial charge in [-0.25, -0.2) is 0 Å². The lowest BCUT2D eigenvalue weighted by molar-refractivity contribution is -0.384. The highest BCUT2D eigenvalue weighted by atomic mass is 35.5. The zero-order chi connectivity index (χ0) is 13.5. The average Bonchev–Trinajstić information content (AvgIpc) is 2.36. The van der Waals surface area contributed by atoms with Crippen molar-refractivity contribution in [3.8, 4) is 5.75 Å². The van der Waals surface area contributed by atoms with Crippen LogP contribution >= 0.6 is 11.6 Å². The van der Waals surface area contributed by atoms with Crippen LogP contribution in [0.15, 0.2) is 18.2 Å². The van der Waals surface area contributed by atoms with Crippen LogP contribution in [-0.4, -0.2) is 23.8 Å². The van der Waals surface area contributed by atoms with Crippen molar-refractivity contribution >= 4 is 28.9 Å². The number of hydrogen-bond donors (Lipinski definition) is 1. The Hall–Kier alpha value is -1.82. The Bertz CT molecular complexity index is 451. The summed E-state index contributed by atoms with van der Waals surface area (Å²) in [5.41, 5.74) is -0.0473. The number of nitro benzene ring substituents is 1. The molecule has 0 aliphatic rings. The first-order valence-corrected chi connectivity index (χ1v) is 5.80. The molecule has 0 aromatic heterocycles. The largest absolute Gasteiger partial charge is 0.496 e. The molecular weight excluding hydrogens is 260 g/mol. The number of nitrogens with zero attached hydrogens (tertiary/aromatic N) is 1. The maximum atomic E-state index is 11.5. The second-order valence-corrected chi connectivity index (χ2v) is 3.86. The zero-order valence-corrected chi connectivity index (χ0v) is 10.6. The van der Waals surface area contributed by atoms with Crippen LogP contribution in [-0.2, 0) is 4.79 Å². The van der Waals surface area contributed by atoms with Gasteiger partial charge >= 0.3 is 0 Å². The van der Waals surface area contributed by atoms with Gasteiger partial charge < -0.3 is 10.1 Å². The summed E-state index contributed by atoms with van der Waals surface area (Å²) in [6, 6.07) is 4.25. The number of alkyl halides is 1. The lowest BCUT2D eigenvalue weighted by Gasteiger charge is -2.07. The molecule has 0 aliphatic carbocycles. The van der Waals surface area contributed by atoms with Crippen molar-refractivity contribution in [3.05, 3.63) is 28.3 Å². The molecule has 0 aliphatic heterocycles. The summed E-state index contributed by atoms with van der Waals surface area (Å²) in [5.74, 6) is 0.433. The van der Waals surface area contributed by atoms with Crippen LogP contribution < -0.4 is 10.1 Å². The molecule has 6 nitrogen and oxygen atoms in total. The number of carbonyl (C=O) groups is 1. The minimum absolute atomic E-state index is 0.153. The molecule has 0 heterocycles. The fourth-order valence-corrected chi connectivity index (χ4v) is 1.47. The third-order valence-electron chi connectivity index (χ3n) is 2.21. The molecule has 1 amide bonds. The monoisotopic (exact) mass is 272 g/mol. The number of carbonyl (C=O) groups excluding carboxylic acids is 1. The molecule has 7 heteroatoms. The summed E-state index contributed by atoms with van der Waals surface area (Å²) in [4.78, 5) is 21.8. The average molecular weight is 273 g/mol. The molecule has 18 heavy (non-hydrogen) atoms. The van der Waals surface area contributed by atoms with E-state index in [4.69, 9.17) is 16.3 Å². The molecule has 0 bridgehead atoms. The minimum Gasteiger partial charge on any atom is -0.496 e. The van der Waals surface area contributed by atoms with E-state index in [1.165, 1.54) is 19.2 Å². The van der Waals surface area contributed by atoms with E-state index in [9.17, 15) is 14.9 Å². The predicted octanol–water partition coefficient (Wildman–Crippen LogP) is 2.56. The van der Waals surface area contributed by atoms with Crippen LogP contribution in [0.5, 0.6) is 5.75 Å². The van der Waals surface area contributed by atoms with Crippen molar-refractivity contribution in [1.82, 2.24) is 0 Å². The van der Waals surface area contributed by atoms with Crippen molar-refractivity contribution in [2.45, 2.75) is 12.8 Å². The van der Waals surface area contributed by atoms with E-state index < -0.39 is 4.92 Å². The SMILES string of the molecule is COc1ccc(NC(=O)CCCCl)c([N+](=O)[O-])c1. The van der Waals surface area contributed by atoms with Crippen LogP contribution in [0.1, 0.15) is 12.8 Å². The van der Waals surface area contributed by atoms with Gasteiger partial charge in [-0.3, -0.25) is 14.9 Å². The fraction of sp³-hybridized carbons (Fsp3) is 0.364. The number of rotatable bonds is 6. The molecular formula is C11H13ClN2O4. The number of nitro groups is 1. The van der Waals surface area contributed by atoms with Crippen LogP contribution in [0, 0.1) is 10.1 Å². The smallest absolute Gasteiger partial charge is 0.296 e. The Morgan fingerprint density at radius 2 is 2.28 bits per heavy atom. The summed E-state index contributed by atoms with van der Waals surface area (Å²) in [7, 11) is 1.41. The highest BCUT2D eigenvalue weighted by Gasteiger charge is 2.16. The molecule has 0 unspecified atom stereocenters. The van der Waals surface area contributed by atoms with Crippen molar-refractivity contribution < 1.29 is 14.5 Å². The standard InChI is InChI=1S/C11H13ClN2O4/c1-18-8-4-5-9(10(7-8)14(16)17)13-11(15)3-2-6-12/h4-5,7H,2-3,6H2,1H3,(H,13,15). The van der Waals surface area contributed by atoms with Gasteiger partial charge in [-0.1, -0.05) is 0 Å². The lowest BCUT2D eigenvalue weighted by atomic mass is 10.2. The van der Waals surface area contributed by atoms with E-state index in [1.54, 1.807) is 6.07 Å². The highest BCUT2D eigenvalue weighted by Crippen LogP contribution is 2.29. The van der Waals surface area contributed by atoms with Crippen molar-refractivity contribution in [3.63, 3.8) is 0 Å². The zero-order valence-electron chi connectivity index (χ0n) is 9.81. The minimum atomic E-state index is -0.570. The van der Waals surface area contributed by atoms with E-state index in [1.807, 2.05) is 0 Å². The third-order valence-corrected chi connectivity index (χ3v) is 2.48. The number of methoxy groups -OCH3 is 1. The number of halogens is 1. The molecule has 1 rings (SSSR count). The third kappa shape index (κ3) is 3.89. The number of amides is 1. The maximum Gasteiger partial charge on any atom is 0.296 e. The van der Waals surface area contributed by atoms with Gasteiger partial charge in [0.2, 0.25) is 5.91 Å². The Labute approximate surface area is 109 Å². The Kier molecular flexibility index (Phi) is 5.38. The van der Waals surface area contributed by atoms with Gasteiger partial charge in [0.1, 0.15) is 11.4 Å². The van der Waals surface area contributed by atoms with E-state index in [2.05, 4.69) is 5.32 Å². The van der Waals surface area contributed by atoms with E-state index >= 15 is 0 Å². The van der Waals surface area contributed by atoms with Gasteiger partial charge in [-0.05, 0) is 18.6 Å². The van der Waals surface area contributed by atoms with Gasteiger partial charge in [-0.2, -0.15) is 0 Å². The van der Waals surface area contributed by atoms with Gasteiger partial charge in [-0.15, -0.1) is 11.6 Å². The topological polar surface area (TPSA) is 81.5 Å². The summed E-state index contributed by atoms with van der Waals surface area (Å²) in [6.45, 7) is 0. The van der Waals surface area contributed by atoms with Gasteiger partial charge in [0.25, 0.3) is 5.69 Å². The van der Waals surface area contributed by atoms with Crippen LogP contribution in [0.3, 0.4) is 0 Å². The molecule has 1 aromatic rings. The molecule has 0 spiro atoms. The number of nitrogens with one attached hydrogen (secondary N) is 1. The summed E-state index contributed by atoms with van der Waals surface area (Å²) >= 11 is 5.47. The molecule has 1 aromatic carbocycles. The maximum absolute atomic E-state index is 11.5. The summed E-state index contributed by atoms with van der Waals surface area (Å²) < 4.78 is 4.90. The normalized spacial score (nSPS) is 9.89. The molecule has 0 fully saturated rings. The van der Waals surface area contributed by atoms with E-state index in [0.29, 0.717) is 18.1 Å². The van der Waals surface area contributed by atoms with Crippen LogP contribution in [0.2, 0.25) is 0 Å². The van der Waals surface area contributed by atoms with Crippen molar-refractivity contribution in [2.24, 2.45) is 0 Å². The fourth-order valence-electron chi connectivity index (χ4n) is 1.34. The molecule has 0 radical (unpaired) electrons. The Morgan fingerprint density at radius 1 is 1.56 bits per heavy atom. The lowest BCUT2D eigenvalue weighted by Crippen LogP contribution is -2.12. The van der Waals surface area contributed by atoms with Gasteiger partial charge in [0.15, 0.2) is 0 Å². The first-order chi connectivity index (χ1) is 8.58. The second kappa shape index (κ2) is 6.80. The first-order valence-electron chi connectivity index (χ1n) is 5.26.